The quantitative estimate of drug-likeness (QED) is 0.784. The summed E-state index contributed by atoms with van der Waals surface area (Å²) < 4.78 is 1.13. The van der Waals surface area contributed by atoms with Crippen molar-refractivity contribution in [2.75, 3.05) is 31.1 Å². The molecule has 1 amide bonds. The number of nitrogens with zero attached hydrogens (tertiary/aromatic N) is 3. The molecule has 0 atom stereocenters. The monoisotopic (exact) mass is 352 g/mol. The fraction of sp³-hybridized carbons (Fsp3) is 0.263. The van der Waals surface area contributed by atoms with Gasteiger partial charge in [0.15, 0.2) is 0 Å². The Hall–Kier alpha value is -2.44. The summed E-state index contributed by atoms with van der Waals surface area (Å²) in [6, 6.07) is 18.4. The van der Waals surface area contributed by atoms with Crippen molar-refractivity contribution in [2.45, 2.75) is 6.42 Å². The lowest BCUT2D eigenvalue weighted by Gasteiger charge is -2.36. The summed E-state index contributed by atoms with van der Waals surface area (Å²) in [6.07, 6.45) is 0.332. The van der Waals surface area contributed by atoms with Crippen molar-refractivity contribution in [1.29, 1.82) is 0 Å². The molecule has 0 bridgehead atoms. The van der Waals surface area contributed by atoms with Crippen LogP contribution in [0, 0.1) is 0 Å². The highest BCUT2D eigenvalue weighted by Crippen LogP contribution is 2.21. The summed E-state index contributed by atoms with van der Waals surface area (Å²) in [5.74, 6) is 0.00668. The molecule has 1 aromatic heterocycles. The zero-order valence-electron chi connectivity index (χ0n) is 13.9. The maximum Gasteiger partial charge on any atom is 0.241 e. The first kappa shape index (κ1) is 16.1. The summed E-state index contributed by atoms with van der Waals surface area (Å²) in [5, 5.41) is 2.87. The number of aromatic nitrogens is 1. The van der Waals surface area contributed by atoms with Crippen LogP contribution < -0.4 is 10.3 Å². The molecule has 2 heterocycles. The average Bonchev–Trinajstić information content (AvgIpc) is 3.05. The second kappa shape index (κ2) is 7.21. The number of thiazole rings is 1. The van der Waals surface area contributed by atoms with Crippen molar-refractivity contribution in [3.8, 4) is 0 Å². The third-order valence-electron chi connectivity index (χ3n) is 4.33. The van der Waals surface area contributed by atoms with Gasteiger partial charge >= 0.3 is 0 Å². The standard InChI is InChI=1S/C19H20N4OS/c24-18(14-19-20-16-8-4-5-9-17(16)25-19)21-23-12-10-22(11-13-23)15-6-2-1-3-7-15/h1-9H,10-14H2,(H,21,24). The van der Waals surface area contributed by atoms with Gasteiger partial charge in [-0.3, -0.25) is 10.2 Å². The van der Waals surface area contributed by atoms with Gasteiger partial charge < -0.3 is 4.90 Å². The molecule has 1 saturated heterocycles. The second-order valence-electron chi connectivity index (χ2n) is 6.10. The number of fused-ring (bicyclic) bond motifs is 1. The van der Waals surface area contributed by atoms with Gasteiger partial charge in [-0.1, -0.05) is 30.3 Å². The van der Waals surface area contributed by atoms with Crippen LogP contribution in [-0.4, -0.2) is 42.1 Å². The van der Waals surface area contributed by atoms with Crippen LogP contribution in [0.3, 0.4) is 0 Å². The number of hydrogen-bond donors (Lipinski definition) is 1. The molecular weight excluding hydrogens is 332 g/mol. The number of piperazine rings is 1. The Kier molecular flexibility index (Phi) is 4.63. The van der Waals surface area contributed by atoms with Crippen molar-refractivity contribution >= 4 is 33.1 Å². The van der Waals surface area contributed by atoms with Gasteiger partial charge in [-0.2, -0.15) is 0 Å². The van der Waals surface area contributed by atoms with E-state index in [0.717, 1.165) is 41.4 Å². The van der Waals surface area contributed by atoms with E-state index >= 15 is 0 Å². The van der Waals surface area contributed by atoms with Gasteiger partial charge in [-0.15, -0.1) is 11.3 Å². The summed E-state index contributed by atoms with van der Waals surface area (Å²) >= 11 is 1.59. The SMILES string of the molecule is O=C(Cc1nc2ccccc2s1)NN1CCN(c2ccccc2)CC1. The van der Waals surface area contributed by atoms with E-state index < -0.39 is 0 Å². The van der Waals surface area contributed by atoms with Crippen LogP contribution in [0.4, 0.5) is 5.69 Å². The lowest BCUT2D eigenvalue weighted by molar-refractivity contribution is -0.125. The molecule has 128 valence electrons. The van der Waals surface area contributed by atoms with Crippen LogP contribution in [-0.2, 0) is 11.2 Å². The molecule has 3 aromatic rings. The maximum absolute atomic E-state index is 12.3. The van der Waals surface area contributed by atoms with Crippen molar-refractivity contribution in [3.63, 3.8) is 0 Å². The Morgan fingerprint density at radius 2 is 1.72 bits per heavy atom. The number of anilines is 1. The van der Waals surface area contributed by atoms with Crippen LogP contribution >= 0.6 is 11.3 Å². The number of carbonyl (C=O) groups is 1. The van der Waals surface area contributed by atoms with E-state index in [4.69, 9.17) is 0 Å². The van der Waals surface area contributed by atoms with Crippen LogP contribution in [0.2, 0.25) is 0 Å². The number of carbonyl (C=O) groups excluding carboxylic acids is 1. The first-order chi connectivity index (χ1) is 12.3. The Morgan fingerprint density at radius 1 is 1.00 bits per heavy atom. The lowest BCUT2D eigenvalue weighted by Crippen LogP contribution is -2.54. The first-order valence-corrected chi connectivity index (χ1v) is 9.28. The number of amides is 1. The van der Waals surface area contributed by atoms with Crippen LogP contribution in [0.5, 0.6) is 0 Å². The highest BCUT2D eigenvalue weighted by Gasteiger charge is 2.19. The van der Waals surface area contributed by atoms with Crippen molar-refractivity contribution in [1.82, 2.24) is 15.4 Å². The number of para-hydroxylation sites is 2. The summed E-state index contributed by atoms with van der Waals surface area (Å²) in [5.41, 5.74) is 5.22. The van der Waals surface area contributed by atoms with Crippen molar-refractivity contribution in [2.24, 2.45) is 0 Å². The smallest absolute Gasteiger partial charge is 0.241 e. The van der Waals surface area contributed by atoms with E-state index in [0.29, 0.717) is 6.42 Å². The van der Waals surface area contributed by atoms with E-state index in [1.54, 1.807) is 11.3 Å². The Labute approximate surface area is 150 Å². The fourth-order valence-electron chi connectivity index (χ4n) is 3.06. The fourth-order valence-corrected chi connectivity index (χ4v) is 4.03. The van der Waals surface area contributed by atoms with E-state index in [1.807, 2.05) is 35.3 Å². The third kappa shape index (κ3) is 3.81. The molecular formula is C19H20N4OS. The molecule has 5 nitrogen and oxygen atoms in total. The highest BCUT2D eigenvalue weighted by molar-refractivity contribution is 7.18. The topological polar surface area (TPSA) is 48.5 Å². The second-order valence-corrected chi connectivity index (χ2v) is 7.21. The van der Waals surface area contributed by atoms with Crippen LogP contribution in [0.1, 0.15) is 5.01 Å². The minimum atomic E-state index is 0.00668. The zero-order valence-corrected chi connectivity index (χ0v) is 14.7. The molecule has 1 aliphatic rings. The lowest BCUT2D eigenvalue weighted by atomic mass is 10.2. The van der Waals surface area contributed by atoms with Gasteiger partial charge in [-0.05, 0) is 24.3 Å². The Balaban J connectivity index is 1.30. The van der Waals surface area contributed by atoms with Gasteiger partial charge in [0.05, 0.1) is 16.6 Å². The summed E-state index contributed by atoms with van der Waals surface area (Å²) in [7, 11) is 0. The minimum absolute atomic E-state index is 0.00668. The Bertz CT molecular complexity index is 823. The number of hydrogen-bond acceptors (Lipinski definition) is 5. The molecule has 1 fully saturated rings. The molecule has 4 rings (SSSR count). The van der Waals surface area contributed by atoms with E-state index in [9.17, 15) is 4.79 Å². The summed E-state index contributed by atoms with van der Waals surface area (Å²) in [4.78, 5) is 19.2. The molecule has 0 aliphatic carbocycles. The molecule has 0 unspecified atom stereocenters. The van der Waals surface area contributed by atoms with Crippen LogP contribution in [0.15, 0.2) is 54.6 Å². The molecule has 1 N–H and O–H groups in total. The van der Waals surface area contributed by atoms with Gasteiger partial charge in [0.25, 0.3) is 0 Å². The Morgan fingerprint density at radius 3 is 2.48 bits per heavy atom. The van der Waals surface area contributed by atoms with Gasteiger partial charge in [0.1, 0.15) is 5.01 Å². The molecule has 0 saturated carbocycles. The first-order valence-electron chi connectivity index (χ1n) is 8.47. The normalized spacial score (nSPS) is 15.4. The molecule has 1 aliphatic heterocycles. The van der Waals surface area contributed by atoms with E-state index in [-0.39, 0.29) is 5.91 Å². The average molecular weight is 352 g/mol. The molecule has 0 radical (unpaired) electrons. The number of rotatable bonds is 4. The van der Waals surface area contributed by atoms with E-state index in [2.05, 4.69) is 39.6 Å². The maximum atomic E-state index is 12.3. The molecule has 0 spiro atoms. The number of nitrogens with one attached hydrogen (secondary N) is 1. The third-order valence-corrected chi connectivity index (χ3v) is 5.37. The number of hydrazine groups is 1. The molecule has 2 aromatic carbocycles. The predicted molar refractivity (Wildman–Crippen MR) is 102 cm³/mol. The molecule has 6 heteroatoms. The molecule has 25 heavy (non-hydrogen) atoms. The zero-order chi connectivity index (χ0) is 17.1. The highest BCUT2D eigenvalue weighted by atomic mass is 32.1. The van der Waals surface area contributed by atoms with E-state index in [1.165, 1.54) is 5.69 Å². The number of benzene rings is 2. The van der Waals surface area contributed by atoms with Gasteiger partial charge in [-0.25, -0.2) is 9.99 Å². The van der Waals surface area contributed by atoms with Gasteiger partial charge in [0.2, 0.25) is 5.91 Å². The summed E-state index contributed by atoms with van der Waals surface area (Å²) in [6.45, 7) is 3.46. The van der Waals surface area contributed by atoms with Crippen LogP contribution in [0.25, 0.3) is 10.2 Å². The van der Waals surface area contributed by atoms with Crippen molar-refractivity contribution in [3.05, 3.63) is 59.6 Å². The predicted octanol–water partition coefficient (Wildman–Crippen LogP) is 2.69. The van der Waals surface area contributed by atoms with Crippen molar-refractivity contribution < 1.29 is 4.79 Å². The minimum Gasteiger partial charge on any atom is -0.369 e. The van der Waals surface area contributed by atoms with Gasteiger partial charge in [0, 0.05) is 31.9 Å². The largest absolute Gasteiger partial charge is 0.369 e.